The lowest BCUT2D eigenvalue weighted by atomic mass is 9.69. The van der Waals surface area contributed by atoms with Crippen molar-refractivity contribution in [2.24, 2.45) is 23.7 Å². The highest BCUT2D eigenvalue weighted by atomic mass is 19.1. The van der Waals surface area contributed by atoms with Crippen LogP contribution < -0.4 is 0 Å². The van der Waals surface area contributed by atoms with Gasteiger partial charge >= 0.3 is 0 Å². The van der Waals surface area contributed by atoms with Gasteiger partial charge in [-0.3, -0.25) is 0 Å². The van der Waals surface area contributed by atoms with Crippen LogP contribution in [0.3, 0.4) is 0 Å². The fourth-order valence-corrected chi connectivity index (χ4v) is 5.65. The first-order valence-electron chi connectivity index (χ1n) is 12.5. The number of hydrogen-bond acceptors (Lipinski definition) is 0. The van der Waals surface area contributed by atoms with Crippen LogP contribution in [0, 0.1) is 41.3 Å². The van der Waals surface area contributed by atoms with Gasteiger partial charge in [-0.2, -0.15) is 0 Å². The third kappa shape index (κ3) is 6.87. The molecule has 2 aliphatic rings. The predicted molar refractivity (Wildman–Crippen MR) is 122 cm³/mol. The van der Waals surface area contributed by atoms with Gasteiger partial charge in [0.2, 0.25) is 0 Å². The van der Waals surface area contributed by atoms with Gasteiger partial charge in [0.15, 0.2) is 0 Å². The summed E-state index contributed by atoms with van der Waals surface area (Å²) in [4.78, 5) is 0. The van der Waals surface area contributed by atoms with Crippen molar-refractivity contribution in [3.8, 4) is 11.8 Å². The summed E-state index contributed by atoms with van der Waals surface area (Å²) in [5.74, 6) is 10.1. The minimum absolute atomic E-state index is 0.0901. The van der Waals surface area contributed by atoms with Crippen LogP contribution in [0.2, 0.25) is 0 Å². The maximum absolute atomic E-state index is 14.1. The Hall–Kier alpha value is -1.29. The molecule has 0 bridgehead atoms. The molecule has 2 fully saturated rings. The van der Waals surface area contributed by atoms with Crippen LogP contribution in [-0.4, -0.2) is 0 Å². The van der Waals surface area contributed by atoms with Crippen LogP contribution in [0.4, 0.5) is 4.39 Å². The summed E-state index contributed by atoms with van der Waals surface area (Å²) in [5, 5.41) is 0. The van der Waals surface area contributed by atoms with Crippen LogP contribution in [0.15, 0.2) is 18.2 Å². The number of aryl methyl sites for hydroxylation is 1. The Kier molecular flexibility index (Phi) is 9.10. The molecule has 2 saturated carbocycles. The van der Waals surface area contributed by atoms with E-state index in [1.807, 2.05) is 12.1 Å². The normalized spacial score (nSPS) is 27.3. The maximum atomic E-state index is 14.1. The molecule has 0 atom stereocenters. The molecule has 1 heteroatoms. The van der Waals surface area contributed by atoms with E-state index in [4.69, 9.17) is 0 Å². The van der Waals surface area contributed by atoms with Gasteiger partial charge in [0.25, 0.3) is 0 Å². The number of halogens is 1. The summed E-state index contributed by atoms with van der Waals surface area (Å²) in [7, 11) is 0. The Labute approximate surface area is 179 Å². The quantitative estimate of drug-likeness (QED) is 0.321. The van der Waals surface area contributed by atoms with Crippen molar-refractivity contribution >= 4 is 0 Å². The number of benzene rings is 1. The van der Waals surface area contributed by atoms with Crippen LogP contribution >= 0.6 is 0 Å². The Morgan fingerprint density at radius 1 is 0.862 bits per heavy atom. The van der Waals surface area contributed by atoms with Gasteiger partial charge in [-0.25, -0.2) is 4.39 Å². The molecule has 0 nitrogen and oxygen atoms in total. The standard InChI is InChI=1S/C28H41F/c1-3-5-6-8-22-11-16-25(17-12-22)26-18-13-23(14-19-26)9-10-24-15-20-27(7-4-2)28(29)21-24/h15,20-23,25-26H,3-8,11-14,16-19H2,1-2H3. The van der Waals surface area contributed by atoms with Crippen molar-refractivity contribution in [1.29, 1.82) is 0 Å². The molecule has 0 aliphatic heterocycles. The number of unbranched alkanes of at least 4 members (excludes halogenated alkanes) is 2. The van der Waals surface area contributed by atoms with E-state index in [0.29, 0.717) is 5.92 Å². The molecule has 29 heavy (non-hydrogen) atoms. The van der Waals surface area contributed by atoms with Crippen molar-refractivity contribution in [2.75, 3.05) is 0 Å². The van der Waals surface area contributed by atoms with Crippen molar-refractivity contribution in [3.05, 3.63) is 35.1 Å². The van der Waals surface area contributed by atoms with E-state index in [-0.39, 0.29) is 5.82 Å². The van der Waals surface area contributed by atoms with Gasteiger partial charge < -0.3 is 0 Å². The van der Waals surface area contributed by atoms with Crippen LogP contribution in [0.5, 0.6) is 0 Å². The SMILES string of the molecule is CCCCCC1CCC(C2CCC(C#Cc3ccc(CCC)c(F)c3)CC2)CC1. The first-order chi connectivity index (χ1) is 14.2. The molecule has 0 amide bonds. The molecule has 1 aromatic carbocycles. The summed E-state index contributed by atoms with van der Waals surface area (Å²) >= 11 is 0. The summed E-state index contributed by atoms with van der Waals surface area (Å²) in [6, 6.07) is 5.53. The topological polar surface area (TPSA) is 0 Å². The summed E-state index contributed by atoms with van der Waals surface area (Å²) < 4.78 is 14.1. The number of rotatable bonds is 7. The molecule has 1 aromatic rings. The molecular weight excluding hydrogens is 355 g/mol. The van der Waals surface area contributed by atoms with Crippen molar-refractivity contribution in [2.45, 2.75) is 104 Å². The maximum Gasteiger partial charge on any atom is 0.127 e. The molecule has 0 unspecified atom stereocenters. The van der Waals surface area contributed by atoms with E-state index < -0.39 is 0 Å². The molecule has 160 valence electrons. The van der Waals surface area contributed by atoms with Crippen LogP contribution in [0.1, 0.15) is 108 Å². The third-order valence-corrected chi connectivity index (χ3v) is 7.54. The Balaban J connectivity index is 1.41. The average molecular weight is 397 g/mol. The van der Waals surface area contributed by atoms with E-state index in [1.54, 1.807) is 6.07 Å². The largest absolute Gasteiger partial charge is 0.207 e. The van der Waals surface area contributed by atoms with E-state index in [1.165, 1.54) is 77.0 Å². The second-order valence-electron chi connectivity index (χ2n) is 9.71. The zero-order valence-electron chi connectivity index (χ0n) is 18.8. The lowest BCUT2D eigenvalue weighted by Crippen LogP contribution is -2.25. The zero-order valence-corrected chi connectivity index (χ0v) is 18.8. The second kappa shape index (κ2) is 11.8. The smallest absolute Gasteiger partial charge is 0.127 e. The Morgan fingerprint density at radius 3 is 2.17 bits per heavy atom. The average Bonchev–Trinajstić information content (AvgIpc) is 2.75. The van der Waals surface area contributed by atoms with Gasteiger partial charge in [-0.05, 0) is 80.4 Å². The first kappa shape index (κ1) is 22.4. The summed E-state index contributed by atoms with van der Waals surface area (Å²) in [6.45, 7) is 4.39. The van der Waals surface area contributed by atoms with Crippen LogP contribution in [-0.2, 0) is 6.42 Å². The van der Waals surface area contributed by atoms with Gasteiger partial charge in [0, 0.05) is 11.5 Å². The predicted octanol–water partition coefficient (Wildman–Crippen LogP) is 8.32. The van der Waals surface area contributed by atoms with Crippen molar-refractivity contribution in [1.82, 2.24) is 0 Å². The highest BCUT2D eigenvalue weighted by Crippen LogP contribution is 2.42. The minimum atomic E-state index is -0.0901. The van der Waals surface area contributed by atoms with Gasteiger partial charge in [-0.1, -0.05) is 76.7 Å². The molecule has 2 aliphatic carbocycles. The minimum Gasteiger partial charge on any atom is -0.207 e. The second-order valence-corrected chi connectivity index (χ2v) is 9.71. The molecule has 0 aromatic heterocycles. The van der Waals surface area contributed by atoms with Gasteiger partial charge in [0.05, 0.1) is 0 Å². The monoisotopic (exact) mass is 396 g/mol. The van der Waals surface area contributed by atoms with E-state index in [2.05, 4.69) is 25.7 Å². The lowest BCUT2D eigenvalue weighted by molar-refractivity contribution is 0.153. The highest BCUT2D eigenvalue weighted by Gasteiger charge is 2.30. The van der Waals surface area contributed by atoms with Gasteiger partial charge in [0.1, 0.15) is 5.82 Å². The zero-order chi connectivity index (χ0) is 20.5. The third-order valence-electron chi connectivity index (χ3n) is 7.54. The fraction of sp³-hybridized carbons (Fsp3) is 0.714. The molecule has 0 heterocycles. The fourth-order valence-electron chi connectivity index (χ4n) is 5.65. The number of hydrogen-bond donors (Lipinski definition) is 0. The molecule has 0 spiro atoms. The van der Waals surface area contributed by atoms with E-state index >= 15 is 0 Å². The van der Waals surface area contributed by atoms with Crippen LogP contribution in [0.25, 0.3) is 0 Å². The first-order valence-corrected chi connectivity index (χ1v) is 12.5. The molecule has 0 N–H and O–H groups in total. The van der Waals surface area contributed by atoms with E-state index in [0.717, 1.165) is 41.7 Å². The molecular formula is C28H41F. The molecule has 3 rings (SSSR count). The Bertz CT molecular complexity index is 663. The van der Waals surface area contributed by atoms with Crippen molar-refractivity contribution in [3.63, 3.8) is 0 Å². The highest BCUT2D eigenvalue weighted by molar-refractivity contribution is 5.37. The summed E-state index contributed by atoms with van der Waals surface area (Å²) in [6.07, 6.45) is 18.6. The van der Waals surface area contributed by atoms with Crippen molar-refractivity contribution < 1.29 is 4.39 Å². The summed E-state index contributed by atoms with van der Waals surface area (Å²) in [5.41, 5.74) is 1.66. The lowest BCUT2D eigenvalue weighted by Gasteiger charge is -2.37. The van der Waals surface area contributed by atoms with E-state index in [9.17, 15) is 4.39 Å². The van der Waals surface area contributed by atoms with Gasteiger partial charge in [-0.15, -0.1) is 0 Å². The Morgan fingerprint density at radius 2 is 1.55 bits per heavy atom. The molecule has 0 saturated heterocycles. The molecule has 0 radical (unpaired) electrons.